The highest BCUT2D eigenvalue weighted by molar-refractivity contribution is 7.10. The van der Waals surface area contributed by atoms with Crippen LogP contribution in [-0.2, 0) is 0 Å². The van der Waals surface area contributed by atoms with Crippen molar-refractivity contribution in [1.29, 1.82) is 0 Å². The number of nitrogens with two attached hydrogens (primary N) is 1. The predicted octanol–water partition coefficient (Wildman–Crippen LogP) is 3.77. The van der Waals surface area contributed by atoms with Crippen molar-refractivity contribution < 1.29 is 0 Å². The van der Waals surface area contributed by atoms with Crippen molar-refractivity contribution in [3.05, 3.63) is 21.3 Å². The summed E-state index contributed by atoms with van der Waals surface area (Å²) in [7, 11) is 0. The quantitative estimate of drug-likeness (QED) is 0.856. The number of hydrogen-bond donors (Lipinski definition) is 1. The number of rotatable bonds is 6. The van der Waals surface area contributed by atoms with E-state index in [0.717, 1.165) is 11.6 Å². The van der Waals surface area contributed by atoms with Gasteiger partial charge in [0.2, 0.25) is 0 Å². The fourth-order valence-corrected chi connectivity index (χ4v) is 3.25. The Labute approximate surface area is 114 Å². The zero-order chi connectivity index (χ0) is 13.0. The molecule has 1 aromatic heterocycles. The number of halogens is 1. The molecule has 0 aliphatic rings. The van der Waals surface area contributed by atoms with Gasteiger partial charge in [-0.2, -0.15) is 0 Å². The Morgan fingerprint density at radius 3 is 2.35 bits per heavy atom. The van der Waals surface area contributed by atoms with Crippen LogP contribution in [0.2, 0.25) is 5.02 Å². The standard InChI is InChI=1S/C13H23ClN2S/c1-9(2)7-16(10(3)4)12(6-15)13-5-11(14)8-17-13/h5,8-10,12H,6-7,15H2,1-4H3. The molecule has 98 valence electrons. The monoisotopic (exact) mass is 274 g/mol. The Balaban J connectivity index is 2.88. The Hall–Kier alpha value is -0.0900. The predicted molar refractivity (Wildman–Crippen MR) is 77.8 cm³/mol. The van der Waals surface area contributed by atoms with E-state index < -0.39 is 0 Å². The van der Waals surface area contributed by atoms with Crippen molar-refractivity contribution in [2.24, 2.45) is 11.7 Å². The Morgan fingerprint density at radius 1 is 1.35 bits per heavy atom. The second kappa shape index (κ2) is 6.74. The summed E-state index contributed by atoms with van der Waals surface area (Å²) in [5.74, 6) is 0.641. The molecule has 1 atom stereocenters. The summed E-state index contributed by atoms with van der Waals surface area (Å²) in [6.45, 7) is 10.6. The number of hydrogen-bond acceptors (Lipinski definition) is 3. The van der Waals surface area contributed by atoms with Crippen LogP contribution < -0.4 is 5.73 Å². The van der Waals surface area contributed by atoms with Gasteiger partial charge in [-0.1, -0.05) is 25.4 Å². The molecule has 4 heteroatoms. The minimum atomic E-state index is 0.287. The Bertz CT molecular complexity index is 336. The number of thiophene rings is 1. The van der Waals surface area contributed by atoms with Crippen LogP contribution in [0.15, 0.2) is 11.4 Å². The summed E-state index contributed by atoms with van der Waals surface area (Å²) in [4.78, 5) is 3.74. The summed E-state index contributed by atoms with van der Waals surface area (Å²) in [5, 5.41) is 2.80. The van der Waals surface area contributed by atoms with E-state index in [1.165, 1.54) is 4.88 Å². The van der Waals surface area contributed by atoms with Crippen LogP contribution in [0.5, 0.6) is 0 Å². The van der Waals surface area contributed by atoms with E-state index in [1.54, 1.807) is 11.3 Å². The van der Waals surface area contributed by atoms with Crippen molar-refractivity contribution in [2.75, 3.05) is 13.1 Å². The molecule has 17 heavy (non-hydrogen) atoms. The highest BCUT2D eigenvalue weighted by Crippen LogP contribution is 2.30. The second-order valence-corrected chi connectivity index (χ2v) is 6.48. The van der Waals surface area contributed by atoms with Crippen molar-refractivity contribution in [3.8, 4) is 0 Å². The minimum Gasteiger partial charge on any atom is -0.329 e. The molecule has 0 radical (unpaired) electrons. The largest absolute Gasteiger partial charge is 0.329 e. The fourth-order valence-electron chi connectivity index (χ4n) is 2.04. The summed E-state index contributed by atoms with van der Waals surface area (Å²) in [5.41, 5.74) is 5.95. The lowest BCUT2D eigenvalue weighted by atomic mass is 10.1. The van der Waals surface area contributed by atoms with Gasteiger partial charge in [-0.3, -0.25) is 4.90 Å². The lowest BCUT2D eigenvalue weighted by Crippen LogP contribution is -2.40. The maximum atomic E-state index is 6.00. The third-order valence-corrected chi connectivity index (χ3v) is 4.16. The van der Waals surface area contributed by atoms with Gasteiger partial charge in [-0.05, 0) is 25.8 Å². The minimum absolute atomic E-state index is 0.287. The van der Waals surface area contributed by atoms with E-state index >= 15 is 0 Å². The van der Waals surface area contributed by atoms with Crippen LogP contribution in [0, 0.1) is 5.92 Å². The van der Waals surface area contributed by atoms with E-state index in [4.69, 9.17) is 17.3 Å². The highest BCUT2D eigenvalue weighted by Gasteiger charge is 2.23. The molecular formula is C13H23ClN2S. The molecule has 1 aromatic rings. The molecule has 0 fully saturated rings. The van der Waals surface area contributed by atoms with Crippen molar-refractivity contribution in [1.82, 2.24) is 4.90 Å². The van der Waals surface area contributed by atoms with Crippen LogP contribution in [0.1, 0.15) is 38.6 Å². The molecule has 0 spiro atoms. The van der Waals surface area contributed by atoms with Crippen molar-refractivity contribution >= 4 is 22.9 Å². The summed E-state index contributed by atoms with van der Waals surface area (Å²) >= 11 is 7.70. The Morgan fingerprint density at radius 2 is 2.00 bits per heavy atom. The lowest BCUT2D eigenvalue weighted by Gasteiger charge is -2.35. The van der Waals surface area contributed by atoms with E-state index in [1.807, 2.05) is 11.4 Å². The van der Waals surface area contributed by atoms with Gasteiger partial charge in [0.15, 0.2) is 0 Å². The van der Waals surface area contributed by atoms with E-state index in [9.17, 15) is 0 Å². The molecule has 0 amide bonds. The number of nitrogens with zero attached hydrogens (tertiary/aromatic N) is 1. The van der Waals surface area contributed by atoms with Gasteiger partial charge in [0.25, 0.3) is 0 Å². The molecule has 1 rings (SSSR count). The first kappa shape index (κ1) is 15.0. The highest BCUT2D eigenvalue weighted by atomic mass is 35.5. The van der Waals surface area contributed by atoms with Gasteiger partial charge in [-0.15, -0.1) is 11.3 Å². The maximum absolute atomic E-state index is 6.00. The molecule has 1 unspecified atom stereocenters. The van der Waals surface area contributed by atoms with Gasteiger partial charge in [0, 0.05) is 29.4 Å². The molecule has 0 saturated heterocycles. The normalized spacial score (nSPS) is 13.9. The Kier molecular flexibility index (Phi) is 5.93. The molecule has 0 saturated carbocycles. The average molecular weight is 275 g/mol. The van der Waals surface area contributed by atoms with Crippen LogP contribution in [-0.4, -0.2) is 24.0 Å². The fraction of sp³-hybridized carbons (Fsp3) is 0.692. The van der Waals surface area contributed by atoms with Gasteiger partial charge in [-0.25, -0.2) is 0 Å². The molecular weight excluding hydrogens is 252 g/mol. The van der Waals surface area contributed by atoms with Gasteiger partial charge < -0.3 is 5.73 Å². The smallest absolute Gasteiger partial charge is 0.0567 e. The zero-order valence-electron chi connectivity index (χ0n) is 11.1. The van der Waals surface area contributed by atoms with Crippen molar-refractivity contribution in [2.45, 2.75) is 39.8 Å². The van der Waals surface area contributed by atoms with Crippen molar-refractivity contribution in [3.63, 3.8) is 0 Å². The van der Waals surface area contributed by atoms with Crippen LogP contribution in [0.25, 0.3) is 0 Å². The summed E-state index contributed by atoms with van der Waals surface area (Å²) in [6, 6.07) is 2.82. The molecule has 2 N–H and O–H groups in total. The first-order valence-corrected chi connectivity index (χ1v) is 7.41. The lowest BCUT2D eigenvalue weighted by molar-refractivity contribution is 0.140. The summed E-state index contributed by atoms with van der Waals surface area (Å²) in [6.07, 6.45) is 0. The third kappa shape index (κ3) is 4.25. The van der Waals surface area contributed by atoms with E-state index in [-0.39, 0.29) is 6.04 Å². The molecule has 0 aliphatic heterocycles. The average Bonchev–Trinajstić information content (AvgIpc) is 2.64. The zero-order valence-corrected chi connectivity index (χ0v) is 12.7. The summed E-state index contributed by atoms with van der Waals surface area (Å²) < 4.78 is 0. The molecule has 2 nitrogen and oxygen atoms in total. The maximum Gasteiger partial charge on any atom is 0.0567 e. The first-order chi connectivity index (χ1) is 7.95. The topological polar surface area (TPSA) is 29.3 Å². The van der Waals surface area contributed by atoms with Crippen LogP contribution in [0.3, 0.4) is 0 Å². The molecule has 0 bridgehead atoms. The van der Waals surface area contributed by atoms with E-state index in [0.29, 0.717) is 18.5 Å². The van der Waals surface area contributed by atoms with Gasteiger partial charge >= 0.3 is 0 Å². The van der Waals surface area contributed by atoms with Crippen LogP contribution >= 0.6 is 22.9 Å². The third-order valence-electron chi connectivity index (χ3n) is 2.78. The first-order valence-electron chi connectivity index (χ1n) is 6.15. The molecule has 0 aromatic carbocycles. The second-order valence-electron chi connectivity index (χ2n) is 5.10. The van der Waals surface area contributed by atoms with Crippen LogP contribution in [0.4, 0.5) is 0 Å². The molecule has 0 aliphatic carbocycles. The molecule has 1 heterocycles. The van der Waals surface area contributed by atoms with Gasteiger partial charge in [0.1, 0.15) is 0 Å². The van der Waals surface area contributed by atoms with Gasteiger partial charge in [0.05, 0.1) is 11.1 Å². The van der Waals surface area contributed by atoms with E-state index in [2.05, 4.69) is 32.6 Å². The SMILES string of the molecule is CC(C)CN(C(C)C)C(CN)c1cc(Cl)cs1.